The highest BCUT2D eigenvalue weighted by atomic mass is 127. The number of rotatable bonds is 1. The maximum atomic E-state index is 4.84. The molecule has 0 spiro atoms. The summed E-state index contributed by atoms with van der Waals surface area (Å²) in [5.41, 5.74) is 0. The highest BCUT2D eigenvalue weighted by molar-refractivity contribution is 14.1. The summed E-state index contributed by atoms with van der Waals surface area (Å²) < 4.78 is 5.73. The number of ether oxygens (including phenoxy) is 1. The Morgan fingerprint density at radius 1 is 1.56 bits per heavy atom. The molecule has 0 fully saturated rings. The van der Waals surface area contributed by atoms with Crippen LogP contribution >= 0.6 is 22.6 Å². The highest BCUT2D eigenvalue weighted by Crippen LogP contribution is 2.06. The summed E-state index contributed by atoms with van der Waals surface area (Å²) in [7, 11) is 1.58. The number of methoxy groups -OCH3 is 1. The Morgan fingerprint density at radius 2 is 2.33 bits per heavy atom. The minimum Gasteiger partial charge on any atom is -0.481 e. The van der Waals surface area contributed by atoms with Crippen molar-refractivity contribution in [2.75, 3.05) is 7.11 Å². The monoisotopic (exact) mass is 236 g/mol. The molecule has 0 unspecified atom stereocenters. The first-order chi connectivity index (χ1) is 4.33. The van der Waals surface area contributed by atoms with Crippen LogP contribution in [0.3, 0.4) is 0 Å². The molecule has 0 saturated carbocycles. The van der Waals surface area contributed by atoms with Crippen LogP contribution in [0.1, 0.15) is 0 Å². The van der Waals surface area contributed by atoms with Gasteiger partial charge in [-0.25, -0.2) is 9.97 Å². The van der Waals surface area contributed by atoms with E-state index in [1.54, 1.807) is 13.2 Å². The lowest BCUT2D eigenvalue weighted by Crippen LogP contribution is -1.88. The maximum Gasteiger partial charge on any atom is 0.217 e. The zero-order chi connectivity index (χ0) is 6.69. The van der Waals surface area contributed by atoms with Gasteiger partial charge in [-0.2, -0.15) is 0 Å². The minimum absolute atomic E-state index is 0.606. The van der Waals surface area contributed by atoms with Gasteiger partial charge in [-0.05, 0) is 22.6 Å². The molecule has 1 heterocycles. The van der Waals surface area contributed by atoms with Crippen LogP contribution in [0.15, 0.2) is 12.4 Å². The van der Waals surface area contributed by atoms with Crippen LogP contribution in [0.25, 0.3) is 0 Å². The van der Waals surface area contributed by atoms with Crippen molar-refractivity contribution in [1.82, 2.24) is 9.97 Å². The summed E-state index contributed by atoms with van der Waals surface area (Å²) in [5, 5.41) is 0. The van der Waals surface area contributed by atoms with Crippen molar-refractivity contribution < 1.29 is 4.74 Å². The van der Waals surface area contributed by atoms with Crippen LogP contribution in [0.2, 0.25) is 0 Å². The van der Waals surface area contributed by atoms with E-state index in [9.17, 15) is 0 Å². The fraction of sp³-hybridized carbons (Fsp3) is 0.200. The first-order valence-corrected chi connectivity index (χ1v) is 3.42. The molecule has 0 saturated heterocycles. The Balaban J connectivity index is 2.94. The Hall–Kier alpha value is -0.390. The van der Waals surface area contributed by atoms with Crippen LogP contribution in [0, 0.1) is 3.70 Å². The molecule has 0 aliphatic rings. The number of halogens is 1. The van der Waals surface area contributed by atoms with E-state index in [2.05, 4.69) is 32.6 Å². The predicted octanol–water partition coefficient (Wildman–Crippen LogP) is 1.09. The Labute approximate surface area is 66.6 Å². The molecule has 1 aromatic heterocycles. The van der Waals surface area contributed by atoms with Crippen LogP contribution in [-0.2, 0) is 0 Å². The zero-order valence-corrected chi connectivity index (χ0v) is 6.99. The summed E-state index contributed by atoms with van der Waals surface area (Å²) in [6.07, 6.45) is 1.47. The SMILES string of the molecule is COc1cc(I)ncn1. The average molecular weight is 236 g/mol. The third-order valence-corrected chi connectivity index (χ3v) is 1.41. The first kappa shape index (κ1) is 6.73. The molecule has 0 atom stereocenters. The lowest BCUT2D eigenvalue weighted by atomic mass is 10.6. The Morgan fingerprint density at radius 3 is 2.78 bits per heavy atom. The van der Waals surface area contributed by atoms with Gasteiger partial charge in [0.05, 0.1) is 7.11 Å². The van der Waals surface area contributed by atoms with Crippen LogP contribution in [0.4, 0.5) is 0 Å². The van der Waals surface area contributed by atoms with Gasteiger partial charge in [0, 0.05) is 6.07 Å². The van der Waals surface area contributed by atoms with E-state index in [0.29, 0.717) is 5.88 Å². The maximum absolute atomic E-state index is 4.84. The van der Waals surface area contributed by atoms with Gasteiger partial charge in [0.25, 0.3) is 0 Å². The van der Waals surface area contributed by atoms with Crippen LogP contribution < -0.4 is 4.74 Å². The van der Waals surface area contributed by atoms with Crippen molar-refractivity contribution in [2.24, 2.45) is 0 Å². The molecular weight excluding hydrogens is 231 g/mol. The second-order valence-electron chi connectivity index (χ2n) is 1.38. The lowest BCUT2D eigenvalue weighted by molar-refractivity contribution is 0.396. The molecule has 1 aromatic rings. The molecule has 0 aliphatic heterocycles. The molecule has 0 aliphatic carbocycles. The third kappa shape index (κ3) is 1.78. The smallest absolute Gasteiger partial charge is 0.217 e. The topological polar surface area (TPSA) is 35.0 Å². The van der Waals surface area contributed by atoms with E-state index < -0.39 is 0 Å². The zero-order valence-electron chi connectivity index (χ0n) is 4.84. The quantitative estimate of drug-likeness (QED) is 0.540. The van der Waals surface area contributed by atoms with Gasteiger partial charge in [0.2, 0.25) is 5.88 Å². The molecule has 0 amide bonds. The minimum atomic E-state index is 0.606. The Bertz CT molecular complexity index is 204. The standard InChI is InChI=1S/C5H5IN2O/c1-9-5-2-4(6)7-3-8-5/h2-3H,1H3. The molecule has 0 N–H and O–H groups in total. The summed E-state index contributed by atoms with van der Waals surface area (Å²) in [6.45, 7) is 0. The molecule has 1 rings (SSSR count). The third-order valence-electron chi connectivity index (χ3n) is 0.818. The van der Waals surface area contributed by atoms with Crippen LogP contribution in [0.5, 0.6) is 5.88 Å². The number of nitrogens with zero attached hydrogens (tertiary/aromatic N) is 2. The van der Waals surface area contributed by atoms with Gasteiger partial charge in [-0.3, -0.25) is 0 Å². The Kier molecular flexibility index (Phi) is 2.21. The first-order valence-electron chi connectivity index (χ1n) is 2.34. The van der Waals surface area contributed by atoms with Gasteiger partial charge in [-0.1, -0.05) is 0 Å². The summed E-state index contributed by atoms with van der Waals surface area (Å²) >= 11 is 2.10. The fourth-order valence-corrected chi connectivity index (χ4v) is 0.820. The lowest BCUT2D eigenvalue weighted by Gasteiger charge is -1.94. The normalized spacial score (nSPS) is 9.11. The van der Waals surface area contributed by atoms with Crippen LogP contribution in [-0.4, -0.2) is 17.1 Å². The molecule has 9 heavy (non-hydrogen) atoms. The molecule has 3 nitrogen and oxygen atoms in total. The van der Waals surface area contributed by atoms with E-state index in [1.807, 2.05) is 0 Å². The fourth-order valence-electron chi connectivity index (χ4n) is 0.429. The molecule has 4 heteroatoms. The van der Waals surface area contributed by atoms with Gasteiger partial charge in [-0.15, -0.1) is 0 Å². The molecule has 0 aromatic carbocycles. The molecule has 48 valence electrons. The van der Waals surface area contributed by atoms with Gasteiger partial charge in [0.15, 0.2) is 0 Å². The number of aromatic nitrogens is 2. The van der Waals surface area contributed by atoms with Gasteiger partial charge < -0.3 is 4.74 Å². The predicted molar refractivity (Wildman–Crippen MR) is 41.3 cm³/mol. The van der Waals surface area contributed by atoms with Crippen molar-refractivity contribution in [1.29, 1.82) is 0 Å². The van der Waals surface area contributed by atoms with Gasteiger partial charge >= 0.3 is 0 Å². The van der Waals surface area contributed by atoms with Crippen molar-refractivity contribution in [3.8, 4) is 5.88 Å². The second-order valence-corrected chi connectivity index (χ2v) is 2.49. The van der Waals surface area contributed by atoms with E-state index in [4.69, 9.17) is 4.74 Å². The largest absolute Gasteiger partial charge is 0.481 e. The summed E-state index contributed by atoms with van der Waals surface area (Å²) in [5.74, 6) is 0.606. The van der Waals surface area contributed by atoms with E-state index in [-0.39, 0.29) is 0 Å². The molecule has 0 radical (unpaired) electrons. The van der Waals surface area contributed by atoms with Crippen molar-refractivity contribution in [3.63, 3.8) is 0 Å². The average Bonchev–Trinajstić information content (AvgIpc) is 1.88. The van der Waals surface area contributed by atoms with Crippen molar-refractivity contribution in [3.05, 3.63) is 16.1 Å². The van der Waals surface area contributed by atoms with Crippen molar-refractivity contribution in [2.45, 2.75) is 0 Å². The van der Waals surface area contributed by atoms with Crippen molar-refractivity contribution >= 4 is 22.6 Å². The van der Waals surface area contributed by atoms with E-state index in [1.165, 1.54) is 6.33 Å². The van der Waals surface area contributed by atoms with E-state index in [0.717, 1.165) is 3.70 Å². The number of hydrogen-bond acceptors (Lipinski definition) is 3. The molecular formula is C5H5IN2O. The second kappa shape index (κ2) is 2.95. The summed E-state index contributed by atoms with van der Waals surface area (Å²) in [6, 6.07) is 1.76. The van der Waals surface area contributed by atoms with Gasteiger partial charge in [0.1, 0.15) is 10.0 Å². The molecule has 0 bridgehead atoms. The van der Waals surface area contributed by atoms with E-state index >= 15 is 0 Å². The number of hydrogen-bond donors (Lipinski definition) is 0. The summed E-state index contributed by atoms with van der Waals surface area (Å²) in [4.78, 5) is 7.70. The highest BCUT2D eigenvalue weighted by Gasteiger charge is 1.91.